The number of urea groups is 1. The van der Waals surface area contributed by atoms with Crippen LogP contribution in [-0.4, -0.2) is 31.8 Å². The Morgan fingerprint density at radius 1 is 1.29 bits per heavy atom. The lowest BCUT2D eigenvalue weighted by Gasteiger charge is -2.23. The van der Waals surface area contributed by atoms with Crippen molar-refractivity contribution >= 4 is 11.7 Å². The first-order valence-corrected chi connectivity index (χ1v) is 7.20. The summed E-state index contributed by atoms with van der Waals surface area (Å²) in [4.78, 5) is 20.2. The molecule has 0 aromatic carbocycles. The Labute approximate surface area is 122 Å². The van der Waals surface area contributed by atoms with Crippen molar-refractivity contribution in [3.05, 3.63) is 31.0 Å². The first-order chi connectivity index (χ1) is 10.3. The zero-order valence-corrected chi connectivity index (χ0v) is 11.7. The van der Waals surface area contributed by atoms with Crippen LogP contribution >= 0.6 is 0 Å². The zero-order valence-electron chi connectivity index (χ0n) is 11.7. The first-order valence-electron chi connectivity index (χ1n) is 7.20. The van der Waals surface area contributed by atoms with Crippen molar-refractivity contribution < 1.29 is 4.79 Å². The van der Waals surface area contributed by atoms with Gasteiger partial charge in [-0.2, -0.15) is 5.10 Å². The van der Waals surface area contributed by atoms with E-state index in [0.717, 1.165) is 12.8 Å². The molecule has 0 unspecified atom stereocenters. The number of hydrogen-bond acceptors (Lipinski definition) is 4. The summed E-state index contributed by atoms with van der Waals surface area (Å²) < 4.78 is 1.52. The molecule has 2 aromatic rings. The summed E-state index contributed by atoms with van der Waals surface area (Å²) in [5, 5.41) is 9.90. The largest absolute Gasteiger partial charge is 0.335 e. The number of aromatic nitrogens is 4. The fourth-order valence-corrected chi connectivity index (χ4v) is 2.59. The average Bonchev–Trinajstić information content (AvgIpc) is 3.03. The molecule has 0 aliphatic heterocycles. The van der Waals surface area contributed by atoms with Crippen LogP contribution in [0.4, 0.5) is 10.5 Å². The third-order valence-electron chi connectivity index (χ3n) is 3.61. The van der Waals surface area contributed by atoms with Gasteiger partial charge in [0.1, 0.15) is 12.7 Å². The highest BCUT2D eigenvalue weighted by molar-refractivity contribution is 5.91. The Morgan fingerprint density at radius 2 is 2.14 bits per heavy atom. The lowest BCUT2D eigenvalue weighted by Crippen LogP contribution is -2.39. The van der Waals surface area contributed by atoms with Gasteiger partial charge in [-0.3, -0.25) is 0 Å². The number of anilines is 1. The standard InChI is InChI=1S/C14H18N6O/c21-14(18-11-5-2-1-3-6-11)19-12-7-4-8-16-13(12)20-10-15-9-17-20/h4,7-11H,1-3,5-6H2,(H2,18,19,21). The monoisotopic (exact) mass is 286 g/mol. The van der Waals surface area contributed by atoms with Crippen molar-refractivity contribution in [1.29, 1.82) is 0 Å². The highest BCUT2D eigenvalue weighted by Gasteiger charge is 2.16. The summed E-state index contributed by atoms with van der Waals surface area (Å²) >= 11 is 0. The van der Waals surface area contributed by atoms with Crippen molar-refractivity contribution in [1.82, 2.24) is 25.1 Å². The second-order valence-electron chi connectivity index (χ2n) is 5.15. The van der Waals surface area contributed by atoms with Crippen molar-refractivity contribution in [2.75, 3.05) is 5.32 Å². The van der Waals surface area contributed by atoms with Gasteiger partial charge in [-0.15, -0.1) is 0 Å². The molecular weight excluding hydrogens is 268 g/mol. The maximum atomic E-state index is 12.1. The lowest BCUT2D eigenvalue weighted by atomic mass is 9.96. The molecule has 21 heavy (non-hydrogen) atoms. The predicted molar refractivity (Wildman–Crippen MR) is 78.2 cm³/mol. The summed E-state index contributed by atoms with van der Waals surface area (Å²) in [5.74, 6) is 0.550. The van der Waals surface area contributed by atoms with E-state index in [4.69, 9.17) is 0 Å². The third kappa shape index (κ3) is 3.36. The maximum absolute atomic E-state index is 12.1. The first kappa shape index (κ1) is 13.5. The minimum absolute atomic E-state index is 0.198. The van der Waals surface area contributed by atoms with Crippen LogP contribution in [0.25, 0.3) is 5.82 Å². The summed E-state index contributed by atoms with van der Waals surface area (Å²) in [6, 6.07) is 3.64. The van der Waals surface area contributed by atoms with E-state index in [-0.39, 0.29) is 12.1 Å². The number of carbonyl (C=O) groups is 1. The molecular formula is C14H18N6O. The van der Waals surface area contributed by atoms with Crippen molar-refractivity contribution in [2.45, 2.75) is 38.1 Å². The number of rotatable bonds is 3. The Kier molecular flexibility index (Phi) is 4.09. The van der Waals surface area contributed by atoms with Crippen LogP contribution in [-0.2, 0) is 0 Å². The summed E-state index contributed by atoms with van der Waals surface area (Å²) in [7, 11) is 0. The molecule has 7 nitrogen and oxygen atoms in total. The van der Waals surface area contributed by atoms with Gasteiger partial charge in [-0.25, -0.2) is 19.4 Å². The smallest absolute Gasteiger partial charge is 0.319 e. The van der Waals surface area contributed by atoms with E-state index in [0.29, 0.717) is 11.5 Å². The van der Waals surface area contributed by atoms with Gasteiger partial charge in [0.2, 0.25) is 0 Å². The number of amides is 2. The number of pyridine rings is 1. The van der Waals surface area contributed by atoms with E-state index in [9.17, 15) is 4.79 Å². The normalized spacial score (nSPS) is 15.6. The van der Waals surface area contributed by atoms with Crippen LogP contribution in [0.15, 0.2) is 31.0 Å². The van der Waals surface area contributed by atoms with Crippen LogP contribution in [0.3, 0.4) is 0 Å². The van der Waals surface area contributed by atoms with Gasteiger partial charge in [0.15, 0.2) is 5.82 Å². The van der Waals surface area contributed by atoms with Gasteiger partial charge in [0, 0.05) is 12.2 Å². The quantitative estimate of drug-likeness (QED) is 0.905. The molecule has 1 saturated carbocycles. The SMILES string of the molecule is O=C(Nc1cccnc1-n1cncn1)NC1CCCCC1. The molecule has 2 heterocycles. The molecule has 0 spiro atoms. The molecule has 2 amide bonds. The number of carbonyl (C=O) groups excluding carboxylic acids is 1. The topological polar surface area (TPSA) is 84.7 Å². The molecule has 2 aromatic heterocycles. The second kappa shape index (κ2) is 6.34. The number of nitrogens with one attached hydrogen (secondary N) is 2. The van der Waals surface area contributed by atoms with Crippen LogP contribution in [0.1, 0.15) is 32.1 Å². The van der Waals surface area contributed by atoms with E-state index in [2.05, 4.69) is 25.7 Å². The van der Waals surface area contributed by atoms with Gasteiger partial charge in [-0.05, 0) is 25.0 Å². The van der Waals surface area contributed by atoms with E-state index in [1.54, 1.807) is 24.7 Å². The molecule has 0 saturated heterocycles. The molecule has 0 radical (unpaired) electrons. The molecule has 1 aliphatic carbocycles. The minimum atomic E-state index is -0.198. The molecule has 0 bridgehead atoms. The van der Waals surface area contributed by atoms with Gasteiger partial charge in [0.05, 0.1) is 5.69 Å². The third-order valence-corrected chi connectivity index (χ3v) is 3.61. The minimum Gasteiger partial charge on any atom is -0.335 e. The van der Waals surface area contributed by atoms with Gasteiger partial charge < -0.3 is 10.6 Å². The molecule has 0 atom stereocenters. The van der Waals surface area contributed by atoms with Crippen LogP contribution in [0.2, 0.25) is 0 Å². The fourth-order valence-electron chi connectivity index (χ4n) is 2.59. The Hall–Kier alpha value is -2.44. The highest BCUT2D eigenvalue weighted by atomic mass is 16.2. The van der Waals surface area contributed by atoms with Gasteiger partial charge in [0.25, 0.3) is 0 Å². The van der Waals surface area contributed by atoms with E-state index in [1.807, 2.05) is 0 Å². The van der Waals surface area contributed by atoms with Crippen molar-refractivity contribution in [2.24, 2.45) is 0 Å². The van der Waals surface area contributed by atoms with Crippen LogP contribution < -0.4 is 10.6 Å². The second-order valence-corrected chi connectivity index (χ2v) is 5.15. The highest BCUT2D eigenvalue weighted by Crippen LogP contribution is 2.18. The molecule has 1 fully saturated rings. The van der Waals surface area contributed by atoms with E-state index < -0.39 is 0 Å². The maximum Gasteiger partial charge on any atom is 0.319 e. The van der Waals surface area contributed by atoms with E-state index >= 15 is 0 Å². The summed E-state index contributed by atoms with van der Waals surface area (Å²) in [5.41, 5.74) is 0.608. The predicted octanol–water partition coefficient (Wildman–Crippen LogP) is 2.12. The Balaban J connectivity index is 1.68. The number of nitrogens with zero attached hydrogens (tertiary/aromatic N) is 4. The molecule has 3 rings (SSSR count). The van der Waals surface area contributed by atoms with Gasteiger partial charge >= 0.3 is 6.03 Å². The Morgan fingerprint density at radius 3 is 2.90 bits per heavy atom. The molecule has 2 N–H and O–H groups in total. The Bertz CT molecular complexity index is 591. The van der Waals surface area contributed by atoms with Crippen LogP contribution in [0, 0.1) is 0 Å². The summed E-state index contributed by atoms with van der Waals surface area (Å²) in [6.07, 6.45) is 10.4. The fraction of sp³-hybridized carbons (Fsp3) is 0.429. The summed E-state index contributed by atoms with van der Waals surface area (Å²) in [6.45, 7) is 0. The number of hydrogen-bond donors (Lipinski definition) is 2. The van der Waals surface area contributed by atoms with Crippen molar-refractivity contribution in [3.63, 3.8) is 0 Å². The average molecular weight is 286 g/mol. The van der Waals surface area contributed by atoms with Crippen LogP contribution in [0.5, 0.6) is 0 Å². The van der Waals surface area contributed by atoms with Crippen molar-refractivity contribution in [3.8, 4) is 5.82 Å². The molecule has 1 aliphatic rings. The molecule has 7 heteroatoms. The van der Waals surface area contributed by atoms with E-state index in [1.165, 1.54) is 30.3 Å². The molecule has 110 valence electrons. The zero-order chi connectivity index (χ0) is 14.5. The van der Waals surface area contributed by atoms with Gasteiger partial charge in [-0.1, -0.05) is 19.3 Å². The lowest BCUT2D eigenvalue weighted by molar-refractivity contribution is 0.244.